The van der Waals surface area contributed by atoms with Crippen LogP contribution in [0, 0.1) is 0 Å². The van der Waals surface area contributed by atoms with Gasteiger partial charge in [0.05, 0.1) is 22.0 Å². The topological polar surface area (TPSA) is 96.2 Å². The molecule has 0 aliphatic carbocycles. The molecule has 0 radical (unpaired) electrons. The lowest BCUT2D eigenvalue weighted by Crippen LogP contribution is -2.27. The summed E-state index contributed by atoms with van der Waals surface area (Å²) in [5.74, 6) is -0.590. The minimum absolute atomic E-state index is 0.0278. The van der Waals surface area contributed by atoms with Crippen LogP contribution < -0.4 is 4.90 Å². The van der Waals surface area contributed by atoms with Gasteiger partial charge in [0.15, 0.2) is 0 Å². The van der Waals surface area contributed by atoms with Crippen LogP contribution >= 0.6 is 0 Å². The summed E-state index contributed by atoms with van der Waals surface area (Å²) in [5, 5.41) is 7.92. The first-order valence-corrected chi connectivity index (χ1v) is 10.8. The van der Waals surface area contributed by atoms with Gasteiger partial charge in [0.1, 0.15) is 0 Å². The molecule has 0 spiro atoms. The molecule has 0 saturated carbocycles. The van der Waals surface area contributed by atoms with Gasteiger partial charge in [-0.3, -0.25) is 0 Å². The highest BCUT2D eigenvalue weighted by atomic mass is 32.3. The second-order valence-corrected chi connectivity index (χ2v) is 8.30. The molecule has 2 aromatic rings. The molecule has 0 aliphatic rings. The molecule has 11 heteroatoms. The molecule has 0 N–H and O–H groups in total. The van der Waals surface area contributed by atoms with Crippen LogP contribution in [0.5, 0.6) is 0 Å². The van der Waals surface area contributed by atoms with Gasteiger partial charge in [-0.2, -0.15) is 27.1 Å². The van der Waals surface area contributed by atoms with E-state index in [-0.39, 0.29) is 6.54 Å². The fraction of sp³-hybridized carbons (Fsp3) is 0.250. The summed E-state index contributed by atoms with van der Waals surface area (Å²) < 4.78 is 68.3. The number of hydrogen-bond donors (Lipinski definition) is 0. The van der Waals surface area contributed by atoms with Crippen LogP contribution in [0.25, 0.3) is 0 Å². The van der Waals surface area contributed by atoms with E-state index < -0.39 is 31.1 Å². The molecule has 7 nitrogen and oxygen atoms in total. The van der Waals surface area contributed by atoms with Crippen LogP contribution in [0.1, 0.15) is 6.92 Å². The van der Waals surface area contributed by atoms with Crippen molar-refractivity contribution in [3.8, 4) is 0 Å². The molecule has 0 amide bonds. The van der Waals surface area contributed by atoms with Gasteiger partial charge in [-0.05, 0) is 55.5 Å². The summed E-state index contributed by atoms with van der Waals surface area (Å²) >= 11 is 0. The third-order valence-electron chi connectivity index (χ3n) is 3.60. The van der Waals surface area contributed by atoms with Crippen molar-refractivity contribution in [2.24, 2.45) is 10.2 Å². The number of halogens is 2. The molecular weight excluding hydrogens is 400 g/mol. The molecule has 0 unspecified atom stereocenters. The molecule has 2 rings (SSSR count). The Kier molecular flexibility index (Phi) is 6.60. The highest BCUT2D eigenvalue weighted by Gasteiger charge is 2.12. The predicted octanol–water partition coefficient (Wildman–Crippen LogP) is 3.89. The largest absolute Gasteiger partial charge is 0.371 e. The monoisotopic (exact) mass is 417 g/mol. The van der Waals surface area contributed by atoms with Crippen molar-refractivity contribution in [1.29, 1.82) is 0 Å². The minimum atomic E-state index is -4.75. The number of azo groups is 1. The molecule has 0 fully saturated rings. The Labute approximate surface area is 156 Å². The van der Waals surface area contributed by atoms with Gasteiger partial charge in [-0.25, -0.2) is 0 Å². The lowest BCUT2D eigenvalue weighted by Gasteiger charge is -2.22. The molecule has 0 heterocycles. The SMILES string of the molecule is CCN(CCS(=O)(=O)F)c1ccc(N=Nc2ccc(S(=O)(=O)F)cc2)cc1. The van der Waals surface area contributed by atoms with Crippen molar-refractivity contribution >= 4 is 37.5 Å². The van der Waals surface area contributed by atoms with Crippen LogP contribution in [-0.4, -0.2) is 35.7 Å². The molecule has 0 atom stereocenters. The Hall–Kier alpha value is -2.40. The summed E-state index contributed by atoms with van der Waals surface area (Å²) in [5.41, 5.74) is 1.54. The molecule has 0 aromatic heterocycles. The molecule has 0 saturated heterocycles. The van der Waals surface area contributed by atoms with Crippen LogP contribution in [-0.2, 0) is 20.4 Å². The van der Waals surface area contributed by atoms with E-state index in [0.717, 1.165) is 12.1 Å². The van der Waals surface area contributed by atoms with Gasteiger partial charge in [-0.1, -0.05) is 0 Å². The summed E-state index contributed by atoms with van der Waals surface area (Å²) in [6.45, 7) is 2.35. The fourth-order valence-electron chi connectivity index (χ4n) is 2.21. The molecular formula is C16H17F2N3O4S2. The third-order valence-corrected chi connectivity index (χ3v) is 5.11. The number of benzene rings is 2. The van der Waals surface area contributed by atoms with E-state index in [1.807, 2.05) is 6.92 Å². The molecule has 2 aromatic carbocycles. The van der Waals surface area contributed by atoms with Crippen molar-refractivity contribution in [2.75, 3.05) is 23.7 Å². The first kappa shape index (κ1) is 20.9. The second kappa shape index (κ2) is 8.53. The van der Waals surface area contributed by atoms with Crippen LogP contribution in [0.3, 0.4) is 0 Å². The lowest BCUT2D eigenvalue weighted by atomic mass is 10.2. The lowest BCUT2D eigenvalue weighted by molar-refractivity contribution is 0.549. The zero-order valence-corrected chi connectivity index (χ0v) is 15.9. The zero-order valence-electron chi connectivity index (χ0n) is 14.3. The Bertz CT molecular complexity index is 1010. The van der Waals surface area contributed by atoms with Gasteiger partial charge in [-0.15, -0.1) is 7.77 Å². The number of hydrogen-bond acceptors (Lipinski definition) is 7. The number of nitrogens with zero attached hydrogens (tertiary/aromatic N) is 3. The molecule has 0 aliphatic heterocycles. The van der Waals surface area contributed by atoms with E-state index in [1.54, 1.807) is 29.2 Å². The number of rotatable bonds is 8. The predicted molar refractivity (Wildman–Crippen MR) is 98.1 cm³/mol. The van der Waals surface area contributed by atoms with E-state index in [4.69, 9.17) is 0 Å². The van der Waals surface area contributed by atoms with Gasteiger partial charge < -0.3 is 4.90 Å². The van der Waals surface area contributed by atoms with Gasteiger partial charge in [0.2, 0.25) is 0 Å². The zero-order chi connectivity index (χ0) is 20.1. The Balaban J connectivity index is 2.07. The van der Waals surface area contributed by atoms with Gasteiger partial charge in [0, 0.05) is 18.8 Å². The van der Waals surface area contributed by atoms with Gasteiger partial charge >= 0.3 is 20.4 Å². The van der Waals surface area contributed by atoms with Crippen molar-refractivity contribution in [1.82, 2.24) is 0 Å². The van der Waals surface area contributed by atoms with Crippen molar-refractivity contribution in [3.63, 3.8) is 0 Å². The second-order valence-electron chi connectivity index (χ2n) is 5.47. The smallest absolute Gasteiger partial charge is 0.332 e. The van der Waals surface area contributed by atoms with E-state index in [2.05, 4.69) is 10.2 Å². The fourth-order valence-corrected chi connectivity index (χ4v) is 3.11. The van der Waals surface area contributed by atoms with E-state index in [1.165, 1.54) is 12.1 Å². The first-order valence-electron chi connectivity index (χ1n) is 7.82. The van der Waals surface area contributed by atoms with Crippen LogP contribution in [0.4, 0.5) is 24.8 Å². The summed E-state index contributed by atoms with van der Waals surface area (Å²) in [6, 6.07) is 11.5. The third kappa shape index (κ3) is 6.68. The van der Waals surface area contributed by atoms with Crippen molar-refractivity contribution in [3.05, 3.63) is 48.5 Å². The van der Waals surface area contributed by atoms with Crippen molar-refractivity contribution in [2.45, 2.75) is 11.8 Å². The number of anilines is 1. The average Bonchev–Trinajstić information content (AvgIpc) is 2.60. The maximum Gasteiger partial charge on any atom is 0.332 e. The Morgan fingerprint density at radius 3 is 1.74 bits per heavy atom. The van der Waals surface area contributed by atoms with Crippen molar-refractivity contribution < 1.29 is 24.6 Å². The maximum atomic E-state index is 12.8. The molecule has 0 bridgehead atoms. The first-order chi connectivity index (χ1) is 12.6. The minimum Gasteiger partial charge on any atom is -0.371 e. The van der Waals surface area contributed by atoms with Crippen LogP contribution in [0.15, 0.2) is 63.7 Å². The Morgan fingerprint density at radius 2 is 1.33 bits per heavy atom. The highest BCUT2D eigenvalue weighted by molar-refractivity contribution is 7.86. The summed E-state index contributed by atoms with van der Waals surface area (Å²) in [6.07, 6.45) is 0. The molecule has 146 valence electrons. The highest BCUT2D eigenvalue weighted by Crippen LogP contribution is 2.23. The average molecular weight is 417 g/mol. The maximum absolute atomic E-state index is 12.8. The van der Waals surface area contributed by atoms with Gasteiger partial charge in [0.25, 0.3) is 0 Å². The van der Waals surface area contributed by atoms with Crippen LogP contribution in [0.2, 0.25) is 0 Å². The Morgan fingerprint density at radius 1 is 0.852 bits per heavy atom. The van der Waals surface area contributed by atoms with E-state index in [9.17, 15) is 24.6 Å². The van der Waals surface area contributed by atoms with E-state index in [0.29, 0.717) is 23.6 Å². The summed E-state index contributed by atoms with van der Waals surface area (Å²) in [4.78, 5) is 1.24. The molecule has 27 heavy (non-hydrogen) atoms. The summed E-state index contributed by atoms with van der Waals surface area (Å²) in [7, 11) is -9.29. The van der Waals surface area contributed by atoms with E-state index >= 15 is 0 Å². The standard InChI is InChI=1S/C16H17F2N3O4S2/c1-2-21(11-12-26(17,22)23)15-7-3-13(4-8-15)19-20-14-5-9-16(10-6-14)27(18,24)25/h3-10H,2,11-12H2,1H3. The quantitative estimate of drug-likeness (QED) is 0.480. The normalized spacial score (nSPS) is 12.4.